The van der Waals surface area contributed by atoms with Gasteiger partial charge in [0.2, 0.25) is 0 Å². The van der Waals surface area contributed by atoms with Crippen LogP contribution in [0.3, 0.4) is 0 Å². The third-order valence-corrected chi connectivity index (χ3v) is 8.20. The van der Waals surface area contributed by atoms with Crippen molar-refractivity contribution in [1.29, 1.82) is 0 Å². The maximum Gasteiger partial charge on any atom is 0.308 e. The van der Waals surface area contributed by atoms with Gasteiger partial charge in [-0.3, -0.25) is 4.79 Å². The lowest BCUT2D eigenvalue weighted by Gasteiger charge is -2.41. The molecule has 0 amide bonds. The van der Waals surface area contributed by atoms with Gasteiger partial charge in [-0.05, 0) is 72.8 Å². The molecule has 10 nitrogen and oxygen atoms in total. The van der Waals surface area contributed by atoms with Gasteiger partial charge in [0.15, 0.2) is 6.29 Å². The zero-order chi connectivity index (χ0) is 29.6. The number of rotatable bonds is 16. The smallest absolute Gasteiger partial charge is 0.308 e. The Bertz CT molecular complexity index is 709. The molecule has 0 radical (unpaired) electrons. The Labute approximate surface area is 229 Å². The van der Waals surface area contributed by atoms with Gasteiger partial charge in [0, 0.05) is 25.0 Å². The molecule has 38 heavy (non-hydrogen) atoms. The lowest BCUT2D eigenvalue weighted by atomic mass is 9.80. The Hall–Kier alpha value is -0.850. The number of carboxylic acids is 1. The fraction of sp³-hybridized carbons (Fsp3) is 0.964. The van der Waals surface area contributed by atoms with E-state index in [9.17, 15) is 30.3 Å². The van der Waals surface area contributed by atoms with E-state index >= 15 is 0 Å². The van der Waals surface area contributed by atoms with Crippen LogP contribution in [0.2, 0.25) is 0 Å². The third-order valence-electron chi connectivity index (χ3n) is 8.20. The SMILES string of the molecule is CCCC(C)(O)[C@H](O)[C@@H](C)N(C)C[C@H](C)CC(C)(O)C[C@@H](C)C(O[C@H]1CC(N)[C@H](O)[C@@H](C)O1)[C@@H](C)C(=O)O. The number of aliphatic hydroxyl groups is 4. The van der Waals surface area contributed by atoms with E-state index in [1.54, 1.807) is 27.7 Å². The first kappa shape index (κ1) is 35.2. The van der Waals surface area contributed by atoms with Gasteiger partial charge in [-0.2, -0.15) is 0 Å². The van der Waals surface area contributed by atoms with E-state index in [0.29, 0.717) is 25.8 Å². The van der Waals surface area contributed by atoms with E-state index in [4.69, 9.17) is 15.2 Å². The second-order valence-electron chi connectivity index (χ2n) is 12.6. The monoisotopic (exact) mass is 548 g/mol. The second kappa shape index (κ2) is 14.7. The number of nitrogens with two attached hydrogens (primary N) is 1. The zero-order valence-corrected chi connectivity index (χ0v) is 25.0. The molecule has 1 heterocycles. The van der Waals surface area contributed by atoms with Gasteiger partial charge in [-0.25, -0.2) is 0 Å². The molecule has 0 aliphatic carbocycles. The number of carboxylic acid groups (broad SMARTS) is 1. The lowest BCUT2D eigenvalue weighted by molar-refractivity contribution is -0.253. The number of likely N-dealkylation sites (N-methyl/N-ethyl adjacent to an activating group) is 1. The van der Waals surface area contributed by atoms with E-state index in [2.05, 4.69) is 0 Å². The summed E-state index contributed by atoms with van der Waals surface area (Å²) in [6.45, 7) is 15.0. The van der Waals surface area contributed by atoms with Gasteiger partial charge < -0.3 is 45.6 Å². The molecule has 7 N–H and O–H groups in total. The van der Waals surface area contributed by atoms with Gasteiger partial charge in [0.25, 0.3) is 0 Å². The fourth-order valence-electron chi connectivity index (χ4n) is 6.01. The minimum Gasteiger partial charge on any atom is -0.481 e. The fourth-order valence-corrected chi connectivity index (χ4v) is 6.01. The van der Waals surface area contributed by atoms with Crippen LogP contribution in [0.5, 0.6) is 0 Å². The van der Waals surface area contributed by atoms with E-state index in [1.807, 2.05) is 39.6 Å². The Kier molecular flexibility index (Phi) is 13.6. The molecule has 226 valence electrons. The molecular formula is C28H56N2O8. The summed E-state index contributed by atoms with van der Waals surface area (Å²) in [6, 6.07) is -0.813. The quantitative estimate of drug-likeness (QED) is 0.168. The Morgan fingerprint density at radius 2 is 1.76 bits per heavy atom. The second-order valence-corrected chi connectivity index (χ2v) is 12.6. The summed E-state index contributed by atoms with van der Waals surface area (Å²) in [5, 5.41) is 52.4. The Balaban J connectivity index is 2.83. The minimum absolute atomic E-state index is 0.0613. The highest BCUT2D eigenvalue weighted by molar-refractivity contribution is 5.70. The number of hydrogen-bond acceptors (Lipinski definition) is 9. The topological polar surface area (TPSA) is 166 Å². The molecule has 12 atom stereocenters. The standard InChI is InChI=1S/C28H56N2O8/c1-10-11-28(8,36)25(32)19(5)30(9)15-16(2)13-27(7,35)14-17(3)24(18(4)26(33)34)38-22-12-21(29)23(31)20(6)37-22/h16-25,31-32,35-36H,10-15,29H2,1-9H3,(H,33,34)/t16-,17-,18-,19-,20-,21?,22+,23-,24?,25-,27?,28?/m1/s1. The molecule has 1 saturated heterocycles. The van der Waals surface area contributed by atoms with Crippen LogP contribution in [0.25, 0.3) is 0 Å². The van der Waals surface area contributed by atoms with Crippen molar-refractivity contribution in [2.24, 2.45) is 23.5 Å². The van der Waals surface area contributed by atoms with Crippen molar-refractivity contribution in [1.82, 2.24) is 4.90 Å². The van der Waals surface area contributed by atoms with Crippen molar-refractivity contribution in [2.75, 3.05) is 13.6 Å². The first-order valence-electron chi connectivity index (χ1n) is 14.1. The highest BCUT2D eigenvalue weighted by Gasteiger charge is 2.40. The van der Waals surface area contributed by atoms with E-state index in [-0.39, 0.29) is 24.3 Å². The number of nitrogens with zero attached hydrogens (tertiary/aromatic N) is 1. The van der Waals surface area contributed by atoms with Crippen LogP contribution in [0.4, 0.5) is 0 Å². The van der Waals surface area contributed by atoms with E-state index < -0.39 is 59.8 Å². The highest BCUT2D eigenvalue weighted by atomic mass is 16.7. The first-order valence-corrected chi connectivity index (χ1v) is 14.1. The molecule has 0 bridgehead atoms. The van der Waals surface area contributed by atoms with Crippen molar-refractivity contribution >= 4 is 5.97 Å². The third kappa shape index (κ3) is 10.3. The summed E-state index contributed by atoms with van der Waals surface area (Å²) in [4.78, 5) is 13.9. The van der Waals surface area contributed by atoms with Crippen molar-refractivity contribution < 1.29 is 39.8 Å². The van der Waals surface area contributed by atoms with Gasteiger partial charge in [-0.15, -0.1) is 0 Å². The highest BCUT2D eigenvalue weighted by Crippen LogP contribution is 2.33. The van der Waals surface area contributed by atoms with Crippen LogP contribution in [0.15, 0.2) is 0 Å². The molecule has 1 rings (SSSR count). The van der Waals surface area contributed by atoms with Crippen LogP contribution < -0.4 is 5.73 Å². The van der Waals surface area contributed by atoms with E-state index in [1.165, 1.54) is 0 Å². The summed E-state index contributed by atoms with van der Waals surface area (Å²) < 4.78 is 11.9. The molecule has 4 unspecified atom stereocenters. The Morgan fingerprint density at radius 1 is 1.18 bits per heavy atom. The van der Waals surface area contributed by atoms with Crippen molar-refractivity contribution in [3.63, 3.8) is 0 Å². The zero-order valence-electron chi connectivity index (χ0n) is 25.0. The lowest BCUT2D eigenvalue weighted by Crippen LogP contribution is -2.53. The van der Waals surface area contributed by atoms with Crippen molar-refractivity contribution in [3.8, 4) is 0 Å². The molecule has 0 aromatic heterocycles. The number of aliphatic hydroxyl groups excluding tert-OH is 2. The molecule has 0 aromatic rings. The summed E-state index contributed by atoms with van der Waals surface area (Å²) >= 11 is 0. The maximum absolute atomic E-state index is 11.9. The van der Waals surface area contributed by atoms with Crippen LogP contribution in [0, 0.1) is 17.8 Å². The molecule has 1 fully saturated rings. The van der Waals surface area contributed by atoms with Crippen LogP contribution in [-0.2, 0) is 14.3 Å². The molecule has 0 saturated carbocycles. The largest absolute Gasteiger partial charge is 0.481 e. The molecule has 0 aromatic carbocycles. The predicted molar refractivity (Wildman–Crippen MR) is 146 cm³/mol. The van der Waals surface area contributed by atoms with Crippen molar-refractivity contribution in [3.05, 3.63) is 0 Å². The molecule has 1 aliphatic rings. The number of ether oxygens (including phenoxy) is 2. The van der Waals surface area contributed by atoms with Crippen LogP contribution in [0.1, 0.15) is 87.5 Å². The van der Waals surface area contributed by atoms with Crippen molar-refractivity contribution in [2.45, 2.75) is 141 Å². The summed E-state index contributed by atoms with van der Waals surface area (Å²) in [5.41, 5.74) is 3.75. The van der Waals surface area contributed by atoms with Crippen LogP contribution >= 0.6 is 0 Å². The molecule has 10 heteroatoms. The first-order chi connectivity index (χ1) is 17.3. The van der Waals surface area contributed by atoms with Gasteiger partial charge >= 0.3 is 5.97 Å². The summed E-state index contributed by atoms with van der Waals surface area (Å²) in [6.07, 6.45) is -1.45. The molecular weight excluding hydrogens is 492 g/mol. The number of aliphatic carboxylic acids is 1. The number of carbonyl (C=O) groups is 1. The average molecular weight is 549 g/mol. The van der Waals surface area contributed by atoms with Gasteiger partial charge in [0.05, 0.1) is 41.5 Å². The molecule has 0 spiro atoms. The van der Waals surface area contributed by atoms with Gasteiger partial charge in [0.1, 0.15) is 0 Å². The Morgan fingerprint density at radius 3 is 2.26 bits per heavy atom. The normalized spacial score (nSPS) is 30.5. The molecule has 1 aliphatic heterocycles. The average Bonchev–Trinajstić information content (AvgIpc) is 2.78. The summed E-state index contributed by atoms with van der Waals surface area (Å²) in [7, 11) is 1.90. The van der Waals surface area contributed by atoms with Crippen LogP contribution in [-0.4, -0.2) is 104 Å². The number of hydrogen-bond donors (Lipinski definition) is 6. The minimum atomic E-state index is -1.18. The summed E-state index contributed by atoms with van der Waals surface area (Å²) in [5.74, 6) is -2.10. The van der Waals surface area contributed by atoms with Gasteiger partial charge in [-0.1, -0.05) is 27.2 Å². The predicted octanol–water partition coefficient (Wildman–Crippen LogP) is 1.95. The maximum atomic E-state index is 11.9. The van der Waals surface area contributed by atoms with E-state index in [0.717, 1.165) is 6.42 Å².